The number of piperidine rings is 1. The van der Waals surface area contributed by atoms with Gasteiger partial charge < -0.3 is 10.2 Å². The fourth-order valence-electron chi connectivity index (χ4n) is 2.48. The van der Waals surface area contributed by atoms with Crippen LogP contribution < -0.4 is 5.32 Å². The van der Waals surface area contributed by atoms with Crippen LogP contribution in [0.2, 0.25) is 0 Å². The number of hydrogen-bond acceptors (Lipinski definition) is 4. The summed E-state index contributed by atoms with van der Waals surface area (Å²) in [4.78, 5) is 24.9. The van der Waals surface area contributed by atoms with Crippen LogP contribution in [0.4, 0.5) is 5.69 Å². The highest BCUT2D eigenvalue weighted by Crippen LogP contribution is 2.18. The molecule has 1 N–H and O–H groups in total. The van der Waals surface area contributed by atoms with Crippen LogP contribution in [-0.4, -0.2) is 41.4 Å². The maximum Gasteiger partial charge on any atom is 0.282 e. The van der Waals surface area contributed by atoms with Gasteiger partial charge in [0.2, 0.25) is 0 Å². The Balaban J connectivity index is 2.01. The number of rotatable bonds is 4. The Morgan fingerprint density at radius 2 is 2.05 bits per heavy atom. The van der Waals surface area contributed by atoms with E-state index in [-0.39, 0.29) is 23.2 Å². The molecule has 0 spiro atoms. The Morgan fingerprint density at radius 1 is 1.40 bits per heavy atom. The second kappa shape index (κ2) is 6.47. The first-order valence-electron chi connectivity index (χ1n) is 6.88. The molecule has 0 saturated carbocycles. The summed E-state index contributed by atoms with van der Waals surface area (Å²) in [7, 11) is 0. The summed E-state index contributed by atoms with van der Waals surface area (Å²) in [6.45, 7) is 5.05. The van der Waals surface area contributed by atoms with Crippen molar-refractivity contribution in [1.82, 2.24) is 10.2 Å². The van der Waals surface area contributed by atoms with E-state index >= 15 is 0 Å². The van der Waals surface area contributed by atoms with Crippen LogP contribution in [0.15, 0.2) is 24.3 Å². The molecule has 1 aromatic carbocycles. The summed E-state index contributed by atoms with van der Waals surface area (Å²) in [5.41, 5.74) is -0.00795. The molecule has 0 aromatic heterocycles. The molecule has 20 heavy (non-hydrogen) atoms. The number of nitro benzene ring substituents is 1. The van der Waals surface area contributed by atoms with Crippen LogP contribution in [0.5, 0.6) is 0 Å². The minimum Gasteiger partial charge on any atom is -0.349 e. The average Bonchev–Trinajstić information content (AvgIpc) is 2.48. The topological polar surface area (TPSA) is 75.5 Å². The van der Waals surface area contributed by atoms with Crippen molar-refractivity contribution < 1.29 is 9.72 Å². The normalized spacial score (nSPS) is 16.9. The summed E-state index contributed by atoms with van der Waals surface area (Å²) in [5, 5.41) is 13.8. The van der Waals surface area contributed by atoms with Crippen molar-refractivity contribution in [2.75, 3.05) is 19.6 Å². The monoisotopic (exact) mass is 277 g/mol. The minimum atomic E-state index is -0.519. The molecule has 1 aromatic rings. The molecular weight excluding hydrogens is 258 g/mol. The third-order valence-electron chi connectivity index (χ3n) is 3.72. The molecule has 0 atom stereocenters. The number of nitrogens with zero attached hydrogens (tertiary/aromatic N) is 2. The van der Waals surface area contributed by atoms with Crippen molar-refractivity contribution in [3.05, 3.63) is 39.9 Å². The molecule has 108 valence electrons. The van der Waals surface area contributed by atoms with Crippen LogP contribution in [0.1, 0.15) is 30.1 Å². The number of carbonyl (C=O) groups is 1. The lowest BCUT2D eigenvalue weighted by Gasteiger charge is -2.31. The summed E-state index contributed by atoms with van der Waals surface area (Å²) in [5.74, 6) is -0.354. The third-order valence-corrected chi connectivity index (χ3v) is 3.72. The highest BCUT2D eigenvalue weighted by Gasteiger charge is 2.24. The van der Waals surface area contributed by atoms with E-state index in [2.05, 4.69) is 17.1 Å². The molecule has 1 amide bonds. The lowest BCUT2D eigenvalue weighted by molar-refractivity contribution is -0.385. The zero-order chi connectivity index (χ0) is 14.5. The predicted molar refractivity (Wildman–Crippen MR) is 75.7 cm³/mol. The number of amides is 1. The quantitative estimate of drug-likeness (QED) is 0.672. The summed E-state index contributed by atoms with van der Waals surface area (Å²) >= 11 is 0. The van der Waals surface area contributed by atoms with E-state index in [1.165, 1.54) is 12.1 Å². The van der Waals surface area contributed by atoms with E-state index in [0.29, 0.717) is 0 Å². The van der Waals surface area contributed by atoms with Crippen molar-refractivity contribution in [3.8, 4) is 0 Å². The first-order chi connectivity index (χ1) is 9.61. The highest BCUT2D eigenvalue weighted by molar-refractivity contribution is 5.98. The number of carbonyl (C=O) groups excluding carboxylic acids is 1. The van der Waals surface area contributed by atoms with Gasteiger partial charge in [0.25, 0.3) is 11.6 Å². The van der Waals surface area contributed by atoms with E-state index in [0.717, 1.165) is 32.5 Å². The Kier molecular flexibility index (Phi) is 4.68. The fraction of sp³-hybridized carbons (Fsp3) is 0.500. The van der Waals surface area contributed by atoms with E-state index in [9.17, 15) is 14.9 Å². The number of nitrogens with one attached hydrogen (secondary N) is 1. The molecule has 6 heteroatoms. The Bertz CT molecular complexity index is 496. The van der Waals surface area contributed by atoms with Gasteiger partial charge in [-0.2, -0.15) is 0 Å². The van der Waals surface area contributed by atoms with Gasteiger partial charge in [-0.05, 0) is 25.5 Å². The molecule has 1 fully saturated rings. The van der Waals surface area contributed by atoms with Gasteiger partial charge in [0, 0.05) is 25.2 Å². The zero-order valence-electron chi connectivity index (χ0n) is 11.5. The second-order valence-electron chi connectivity index (χ2n) is 4.96. The summed E-state index contributed by atoms with van der Waals surface area (Å²) in [6, 6.07) is 6.16. The number of hydrogen-bond donors (Lipinski definition) is 1. The second-order valence-corrected chi connectivity index (χ2v) is 4.96. The minimum absolute atomic E-state index is 0.102. The van der Waals surface area contributed by atoms with Crippen molar-refractivity contribution in [2.45, 2.75) is 25.8 Å². The van der Waals surface area contributed by atoms with Gasteiger partial charge in [-0.25, -0.2) is 0 Å². The molecule has 0 bridgehead atoms. The first-order valence-corrected chi connectivity index (χ1v) is 6.88. The van der Waals surface area contributed by atoms with E-state index in [1.807, 2.05) is 0 Å². The van der Waals surface area contributed by atoms with Gasteiger partial charge >= 0.3 is 0 Å². The number of nitro groups is 1. The smallest absolute Gasteiger partial charge is 0.282 e. The Morgan fingerprint density at radius 3 is 2.65 bits per heavy atom. The van der Waals surface area contributed by atoms with Gasteiger partial charge in [0.05, 0.1) is 4.92 Å². The molecule has 2 rings (SSSR count). The van der Waals surface area contributed by atoms with E-state index in [4.69, 9.17) is 0 Å². The molecule has 1 heterocycles. The number of benzene rings is 1. The number of para-hydroxylation sites is 1. The van der Waals surface area contributed by atoms with Gasteiger partial charge in [-0.15, -0.1) is 0 Å². The SMILES string of the molecule is CCN1CCC(NC(=O)c2ccccc2[N+](=O)[O-])CC1. The third kappa shape index (κ3) is 3.33. The molecule has 0 aliphatic carbocycles. The van der Waals surface area contributed by atoms with Crippen LogP contribution in [0.3, 0.4) is 0 Å². The van der Waals surface area contributed by atoms with Gasteiger partial charge in [-0.1, -0.05) is 19.1 Å². The standard InChI is InChI=1S/C14H19N3O3/c1-2-16-9-7-11(8-10-16)15-14(18)12-5-3-4-6-13(12)17(19)20/h3-6,11H,2,7-10H2,1H3,(H,15,18). The van der Waals surface area contributed by atoms with Gasteiger partial charge in [0.1, 0.15) is 5.56 Å². The Labute approximate surface area is 117 Å². The first kappa shape index (κ1) is 14.5. The highest BCUT2D eigenvalue weighted by atomic mass is 16.6. The van der Waals surface area contributed by atoms with Crippen LogP contribution in [0, 0.1) is 10.1 Å². The Hall–Kier alpha value is -1.95. The molecule has 1 saturated heterocycles. The average molecular weight is 277 g/mol. The van der Waals surface area contributed by atoms with E-state index in [1.54, 1.807) is 12.1 Å². The van der Waals surface area contributed by atoms with Crippen LogP contribution >= 0.6 is 0 Å². The lowest BCUT2D eigenvalue weighted by Crippen LogP contribution is -2.44. The molecule has 0 unspecified atom stereocenters. The largest absolute Gasteiger partial charge is 0.349 e. The summed E-state index contributed by atoms with van der Waals surface area (Å²) < 4.78 is 0. The zero-order valence-corrected chi connectivity index (χ0v) is 11.5. The molecule has 0 radical (unpaired) electrons. The number of likely N-dealkylation sites (tertiary alicyclic amines) is 1. The van der Waals surface area contributed by atoms with Gasteiger partial charge in [-0.3, -0.25) is 14.9 Å². The summed E-state index contributed by atoms with van der Waals surface area (Å²) in [6.07, 6.45) is 1.78. The maximum atomic E-state index is 12.2. The fourth-order valence-corrected chi connectivity index (χ4v) is 2.48. The van der Waals surface area contributed by atoms with Crippen molar-refractivity contribution in [3.63, 3.8) is 0 Å². The molecule has 6 nitrogen and oxygen atoms in total. The predicted octanol–water partition coefficient (Wildman–Crippen LogP) is 1.81. The van der Waals surface area contributed by atoms with Crippen LogP contribution in [-0.2, 0) is 0 Å². The van der Waals surface area contributed by atoms with Crippen molar-refractivity contribution in [2.24, 2.45) is 0 Å². The maximum absolute atomic E-state index is 12.2. The lowest BCUT2D eigenvalue weighted by atomic mass is 10.0. The van der Waals surface area contributed by atoms with Crippen molar-refractivity contribution in [1.29, 1.82) is 0 Å². The van der Waals surface area contributed by atoms with Crippen LogP contribution in [0.25, 0.3) is 0 Å². The molecule has 1 aliphatic rings. The van der Waals surface area contributed by atoms with Gasteiger partial charge in [0.15, 0.2) is 0 Å². The molecular formula is C14H19N3O3. The van der Waals surface area contributed by atoms with E-state index < -0.39 is 4.92 Å². The molecule has 1 aliphatic heterocycles. The van der Waals surface area contributed by atoms with Crippen molar-refractivity contribution >= 4 is 11.6 Å².